The van der Waals surface area contributed by atoms with Crippen LogP contribution in [0.25, 0.3) is 0 Å². The number of nitrogens with zero attached hydrogens (tertiary/aromatic N) is 2. The summed E-state index contributed by atoms with van der Waals surface area (Å²) < 4.78 is 11.0. The van der Waals surface area contributed by atoms with E-state index < -0.39 is 0 Å². The number of amides is 1. The molecule has 1 aromatic rings. The van der Waals surface area contributed by atoms with E-state index >= 15 is 0 Å². The third-order valence-corrected chi connectivity index (χ3v) is 4.38. The van der Waals surface area contributed by atoms with Gasteiger partial charge >= 0.3 is 0 Å². The van der Waals surface area contributed by atoms with Crippen molar-refractivity contribution >= 4 is 17.6 Å². The molecule has 0 saturated carbocycles. The Labute approximate surface area is 155 Å². The maximum Gasteiger partial charge on any atom is 0.221 e. The fourth-order valence-corrected chi connectivity index (χ4v) is 3.14. The Morgan fingerprint density at radius 2 is 2.08 bits per heavy atom. The van der Waals surface area contributed by atoms with Gasteiger partial charge in [-0.3, -0.25) is 9.79 Å². The van der Waals surface area contributed by atoms with Crippen molar-refractivity contribution in [3.8, 4) is 5.75 Å². The van der Waals surface area contributed by atoms with Gasteiger partial charge < -0.3 is 25.0 Å². The fourth-order valence-electron chi connectivity index (χ4n) is 3.14. The molecule has 2 rings (SSSR count). The van der Waals surface area contributed by atoms with Gasteiger partial charge in [-0.25, -0.2) is 0 Å². The van der Waals surface area contributed by atoms with Crippen molar-refractivity contribution in [3.63, 3.8) is 0 Å². The molecule has 1 fully saturated rings. The number of likely N-dealkylation sites (tertiary alicyclic amines) is 1. The molecule has 1 aromatic carbocycles. The van der Waals surface area contributed by atoms with E-state index in [-0.39, 0.29) is 5.91 Å². The van der Waals surface area contributed by atoms with Gasteiger partial charge in [0.25, 0.3) is 0 Å². The number of hydrogen-bond donors (Lipinski definition) is 2. The largest absolute Gasteiger partial charge is 0.495 e. The predicted octanol–water partition coefficient (Wildman–Crippen LogP) is 2.23. The smallest absolute Gasteiger partial charge is 0.221 e. The highest BCUT2D eigenvalue weighted by Gasteiger charge is 2.21. The fraction of sp³-hybridized carbons (Fsp3) is 0.579. The van der Waals surface area contributed by atoms with Crippen molar-refractivity contribution in [2.24, 2.45) is 4.99 Å². The van der Waals surface area contributed by atoms with Crippen LogP contribution in [0.4, 0.5) is 5.69 Å². The number of piperidine rings is 1. The van der Waals surface area contributed by atoms with Crippen LogP contribution in [0.2, 0.25) is 0 Å². The Bertz CT molecular complexity index is 625. The predicted molar refractivity (Wildman–Crippen MR) is 104 cm³/mol. The van der Waals surface area contributed by atoms with Gasteiger partial charge in [0.1, 0.15) is 5.75 Å². The number of carbonyl (C=O) groups is 1. The average Bonchev–Trinajstić information content (AvgIpc) is 2.63. The topological polar surface area (TPSA) is 75.2 Å². The van der Waals surface area contributed by atoms with Crippen molar-refractivity contribution in [3.05, 3.63) is 23.8 Å². The molecule has 0 aliphatic carbocycles. The first-order chi connectivity index (χ1) is 12.6. The molecule has 2 N–H and O–H groups in total. The van der Waals surface area contributed by atoms with Crippen molar-refractivity contribution in [2.75, 3.05) is 39.2 Å². The monoisotopic (exact) mass is 362 g/mol. The number of aliphatic imine (C=N–C) groups is 1. The van der Waals surface area contributed by atoms with Crippen LogP contribution in [-0.2, 0) is 16.1 Å². The Kier molecular flexibility index (Phi) is 7.72. The molecule has 1 aliphatic rings. The zero-order chi connectivity index (χ0) is 18.9. The summed E-state index contributed by atoms with van der Waals surface area (Å²) in [6.07, 6.45) is 2.39. The maximum atomic E-state index is 11.4. The second kappa shape index (κ2) is 10.0. The summed E-state index contributed by atoms with van der Waals surface area (Å²) in [5.74, 6) is 1.41. The van der Waals surface area contributed by atoms with Crippen LogP contribution in [0, 0.1) is 0 Å². The van der Waals surface area contributed by atoms with Gasteiger partial charge in [-0.05, 0) is 37.5 Å². The minimum absolute atomic E-state index is 0.124. The number of ether oxygens (including phenoxy) is 2. The summed E-state index contributed by atoms with van der Waals surface area (Å²) in [4.78, 5) is 18.0. The molecule has 0 bridgehead atoms. The second-order valence-electron chi connectivity index (χ2n) is 6.26. The van der Waals surface area contributed by atoms with Crippen LogP contribution < -0.4 is 15.4 Å². The molecule has 7 heteroatoms. The molecule has 0 atom stereocenters. The van der Waals surface area contributed by atoms with E-state index in [1.807, 2.05) is 25.1 Å². The van der Waals surface area contributed by atoms with Crippen LogP contribution in [0.15, 0.2) is 23.2 Å². The third-order valence-electron chi connectivity index (χ3n) is 4.38. The number of benzene rings is 1. The molecule has 0 spiro atoms. The number of carbonyl (C=O) groups excluding carboxylic acids is 1. The number of anilines is 1. The van der Waals surface area contributed by atoms with E-state index in [2.05, 4.69) is 20.5 Å². The standard InChI is InChI=1S/C19H30N4O3/c1-5-26-16-8-10-23(11-9-16)19(20-3)21-13-15-6-7-18(25-4)17(12-15)22-14(2)24/h6-7,12,16H,5,8-11,13H2,1-4H3,(H,20,21)(H,22,24). The normalized spacial score (nSPS) is 15.7. The Morgan fingerprint density at radius 3 is 2.65 bits per heavy atom. The first-order valence-corrected chi connectivity index (χ1v) is 9.09. The number of nitrogens with one attached hydrogen (secondary N) is 2. The molecule has 0 unspecified atom stereocenters. The lowest BCUT2D eigenvalue weighted by atomic mass is 10.1. The molecule has 1 saturated heterocycles. The van der Waals surface area contributed by atoms with Crippen molar-refractivity contribution < 1.29 is 14.3 Å². The molecule has 7 nitrogen and oxygen atoms in total. The highest BCUT2D eigenvalue weighted by molar-refractivity contribution is 5.90. The molecule has 1 amide bonds. The van der Waals surface area contributed by atoms with Crippen LogP contribution in [0.5, 0.6) is 5.75 Å². The lowest BCUT2D eigenvalue weighted by Crippen LogP contribution is -2.46. The Morgan fingerprint density at radius 1 is 1.35 bits per heavy atom. The molecule has 0 aromatic heterocycles. The summed E-state index contributed by atoms with van der Waals surface area (Å²) >= 11 is 0. The van der Waals surface area contributed by atoms with Crippen molar-refractivity contribution in [1.82, 2.24) is 10.2 Å². The first kappa shape index (κ1) is 20.0. The van der Waals surface area contributed by atoms with Gasteiger partial charge in [-0.2, -0.15) is 0 Å². The summed E-state index contributed by atoms with van der Waals surface area (Å²) in [5.41, 5.74) is 1.71. The van der Waals surface area contributed by atoms with E-state index in [0.29, 0.717) is 24.1 Å². The van der Waals surface area contributed by atoms with Gasteiger partial charge in [0, 0.05) is 40.2 Å². The highest BCUT2D eigenvalue weighted by atomic mass is 16.5. The zero-order valence-corrected chi connectivity index (χ0v) is 16.2. The second-order valence-corrected chi connectivity index (χ2v) is 6.26. The molecule has 1 heterocycles. The van der Waals surface area contributed by atoms with Gasteiger partial charge in [0.15, 0.2) is 5.96 Å². The quantitative estimate of drug-likeness (QED) is 0.600. The lowest BCUT2D eigenvalue weighted by molar-refractivity contribution is -0.114. The van der Waals surface area contributed by atoms with Crippen LogP contribution in [0.1, 0.15) is 32.3 Å². The van der Waals surface area contributed by atoms with Gasteiger partial charge in [0.2, 0.25) is 5.91 Å². The van der Waals surface area contributed by atoms with Crippen molar-refractivity contribution in [2.45, 2.75) is 39.3 Å². The molecular weight excluding hydrogens is 332 g/mol. The minimum Gasteiger partial charge on any atom is -0.495 e. The molecule has 144 valence electrons. The number of methoxy groups -OCH3 is 1. The van der Waals surface area contributed by atoms with Gasteiger partial charge in [-0.1, -0.05) is 6.07 Å². The van der Waals surface area contributed by atoms with E-state index in [0.717, 1.165) is 44.1 Å². The average molecular weight is 362 g/mol. The molecule has 26 heavy (non-hydrogen) atoms. The van der Waals surface area contributed by atoms with E-state index in [1.165, 1.54) is 6.92 Å². The summed E-state index contributed by atoms with van der Waals surface area (Å²) in [6, 6.07) is 5.76. The number of guanidine groups is 1. The number of rotatable bonds is 6. The molecule has 1 aliphatic heterocycles. The summed E-state index contributed by atoms with van der Waals surface area (Å²) in [5, 5.41) is 6.20. The lowest BCUT2D eigenvalue weighted by Gasteiger charge is -2.34. The minimum atomic E-state index is -0.124. The van der Waals surface area contributed by atoms with Crippen LogP contribution in [0.3, 0.4) is 0 Å². The first-order valence-electron chi connectivity index (χ1n) is 9.09. The highest BCUT2D eigenvalue weighted by Crippen LogP contribution is 2.25. The number of hydrogen-bond acceptors (Lipinski definition) is 4. The molecule has 0 radical (unpaired) electrons. The Balaban J connectivity index is 1.95. The van der Waals surface area contributed by atoms with E-state index in [9.17, 15) is 4.79 Å². The Hall–Kier alpha value is -2.28. The van der Waals surface area contributed by atoms with Crippen LogP contribution in [-0.4, -0.2) is 56.7 Å². The van der Waals surface area contributed by atoms with Gasteiger partial charge in [-0.15, -0.1) is 0 Å². The van der Waals surface area contributed by atoms with E-state index in [4.69, 9.17) is 9.47 Å². The van der Waals surface area contributed by atoms with Crippen LogP contribution >= 0.6 is 0 Å². The van der Waals surface area contributed by atoms with Gasteiger partial charge in [0.05, 0.1) is 18.9 Å². The third kappa shape index (κ3) is 5.62. The summed E-state index contributed by atoms with van der Waals surface area (Å²) in [7, 11) is 3.39. The zero-order valence-electron chi connectivity index (χ0n) is 16.2. The SMILES string of the molecule is CCOC1CCN(C(=NC)NCc2ccc(OC)c(NC(C)=O)c2)CC1. The molecular formula is C19H30N4O3. The maximum absolute atomic E-state index is 11.4. The summed E-state index contributed by atoms with van der Waals surface area (Å²) in [6.45, 7) is 6.78. The van der Waals surface area contributed by atoms with Crippen molar-refractivity contribution in [1.29, 1.82) is 0 Å². The van der Waals surface area contributed by atoms with E-state index in [1.54, 1.807) is 14.2 Å².